The number of carbonyl (C=O) groups is 1. The lowest BCUT2D eigenvalue weighted by atomic mass is 10.0. The lowest BCUT2D eigenvalue weighted by Crippen LogP contribution is -2.38. The number of halogens is 1. The summed E-state index contributed by atoms with van der Waals surface area (Å²) in [5, 5.41) is 13.2. The highest BCUT2D eigenvalue weighted by Gasteiger charge is 2.16. The Morgan fingerprint density at radius 1 is 1.47 bits per heavy atom. The first-order chi connectivity index (χ1) is 8.04. The van der Waals surface area contributed by atoms with Crippen LogP contribution in [-0.2, 0) is 0 Å². The molecule has 0 aliphatic carbocycles. The van der Waals surface area contributed by atoms with E-state index in [1.807, 2.05) is 0 Å². The molecule has 1 aromatic rings. The standard InChI is InChI=1S/C13H18BrNO2/c1-9(2)12(6-7-14)15-13(17)10-4-3-5-11(16)8-10/h3-5,8-9,12,16H,6-7H2,1-2H3,(H,15,17). The molecule has 0 fully saturated rings. The maximum atomic E-state index is 11.9. The first-order valence-corrected chi connectivity index (χ1v) is 6.82. The van der Waals surface area contributed by atoms with Gasteiger partial charge in [-0.1, -0.05) is 35.8 Å². The SMILES string of the molecule is CC(C)C(CCBr)NC(=O)c1cccc(O)c1. The van der Waals surface area contributed by atoms with Crippen LogP contribution in [0.3, 0.4) is 0 Å². The molecule has 3 nitrogen and oxygen atoms in total. The molecular formula is C13H18BrNO2. The quantitative estimate of drug-likeness (QED) is 0.821. The minimum atomic E-state index is -0.138. The summed E-state index contributed by atoms with van der Waals surface area (Å²) in [5.74, 6) is 0.355. The highest BCUT2D eigenvalue weighted by atomic mass is 79.9. The molecule has 1 unspecified atom stereocenters. The van der Waals surface area contributed by atoms with Crippen LogP contribution in [0.2, 0.25) is 0 Å². The fourth-order valence-electron chi connectivity index (χ4n) is 1.59. The van der Waals surface area contributed by atoms with Crippen molar-refractivity contribution in [2.24, 2.45) is 5.92 Å². The van der Waals surface area contributed by atoms with Crippen molar-refractivity contribution in [1.82, 2.24) is 5.32 Å². The molecule has 94 valence electrons. The van der Waals surface area contributed by atoms with Gasteiger partial charge in [-0.15, -0.1) is 0 Å². The summed E-state index contributed by atoms with van der Waals surface area (Å²) in [7, 11) is 0. The number of amides is 1. The first kappa shape index (κ1) is 14.0. The second-order valence-corrected chi connectivity index (χ2v) is 5.14. The summed E-state index contributed by atoms with van der Waals surface area (Å²) in [5.41, 5.74) is 0.491. The van der Waals surface area contributed by atoms with Crippen LogP contribution in [0.4, 0.5) is 0 Å². The van der Waals surface area contributed by atoms with E-state index in [2.05, 4.69) is 35.1 Å². The average Bonchev–Trinajstić information content (AvgIpc) is 2.28. The third-order valence-corrected chi connectivity index (χ3v) is 3.11. The Bertz CT molecular complexity index is 379. The van der Waals surface area contributed by atoms with Gasteiger partial charge < -0.3 is 10.4 Å². The molecule has 1 aromatic carbocycles. The molecule has 0 aliphatic heterocycles. The number of hydrogen-bond acceptors (Lipinski definition) is 2. The third kappa shape index (κ3) is 4.38. The van der Waals surface area contributed by atoms with Crippen molar-refractivity contribution in [3.8, 4) is 5.75 Å². The Kier molecular flexibility index (Phi) is 5.48. The minimum Gasteiger partial charge on any atom is -0.508 e. The summed E-state index contributed by atoms with van der Waals surface area (Å²) in [6.07, 6.45) is 0.891. The van der Waals surface area contributed by atoms with Crippen LogP contribution >= 0.6 is 15.9 Å². The first-order valence-electron chi connectivity index (χ1n) is 5.70. The summed E-state index contributed by atoms with van der Waals surface area (Å²) >= 11 is 3.38. The van der Waals surface area contributed by atoms with Gasteiger partial charge in [0, 0.05) is 16.9 Å². The van der Waals surface area contributed by atoms with Gasteiger partial charge in [0.05, 0.1) is 0 Å². The number of phenols is 1. The highest BCUT2D eigenvalue weighted by Crippen LogP contribution is 2.13. The van der Waals surface area contributed by atoms with Crippen molar-refractivity contribution in [3.05, 3.63) is 29.8 Å². The van der Waals surface area contributed by atoms with Gasteiger partial charge in [0.25, 0.3) is 5.91 Å². The van der Waals surface area contributed by atoms with Crippen LogP contribution in [0.25, 0.3) is 0 Å². The average molecular weight is 300 g/mol. The molecule has 1 atom stereocenters. The zero-order valence-electron chi connectivity index (χ0n) is 10.1. The molecule has 1 rings (SSSR count). The lowest BCUT2D eigenvalue weighted by Gasteiger charge is -2.21. The van der Waals surface area contributed by atoms with Gasteiger partial charge in [0.1, 0.15) is 5.75 Å². The molecular weight excluding hydrogens is 282 g/mol. The summed E-state index contributed by atoms with van der Waals surface area (Å²) in [6.45, 7) is 4.16. The smallest absolute Gasteiger partial charge is 0.251 e. The molecule has 0 saturated heterocycles. The molecule has 0 spiro atoms. The van der Waals surface area contributed by atoms with Crippen molar-refractivity contribution in [1.29, 1.82) is 0 Å². The van der Waals surface area contributed by atoms with E-state index in [4.69, 9.17) is 0 Å². The summed E-state index contributed by atoms with van der Waals surface area (Å²) in [4.78, 5) is 11.9. The Morgan fingerprint density at radius 2 is 2.18 bits per heavy atom. The zero-order chi connectivity index (χ0) is 12.8. The Balaban J connectivity index is 2.70. The Labute approximate surface area is 110 Å². The predicted octanol–water partition coefficient (Wildman–Crippen LogP) is 2.93. The topological polar surface area (TPSA) is 49.3 Å². The van der Waals surface area contributed by atoms with Crippen molar-refractivity contribution >= 4 is 21.8 Å². The van der Waals surface area contributed by atoms with E-state index in [1.54, 1.807) is 18.2 Å². The van der Waals surface area contributed by atoms with Gasteiger partial charge >= 0.3 is 0 Å². The number of phenolic OH excluding ortho intramolecular Hbond substituents is 1. The van der Waals surface area contributed by atoms with E-state index < -0.39 is 0 Å². The monoisotopic (exact) mass is 299 g/mol. The zero-order valence-corrected chi connectivity index (χ0v) is 11.7. The molecule has 0 heterocycles. The number of hydrogen-bond donors (Lipinski definition) is 2. The van der Waals surface area contributed by atoms with Crippen molar-refractivity contribution < 1.29 is 9.90 Å². The normalized spacial score (nSPS) is 12.5. The van der Waals surface area contributed by atoms with E-state index in [1.165, 1.54) is 6.07 Å². The molecule has 17 heavy (non-hydrogen) atoms. The molecule has 0 radical (unpaired) electrons. The second-order valence-electron chi connectivity index (χ2n) is 4.35. The van der Waals surface area contributed by atoms with Crippen LogP contribution in [-0.4, -0.2) is 22.4 Å². The van der Waals surface area contributed by atoms with Gasteiger partial charge in [0.15, 0.2) is 0 Å². The number of aromatic hydroxyl groups is 1. The molecule has 2 N–H and O–H groups in total. The molecule has 0 aliphatic rings. The number of nitrogens with one attached hydrogen (secondary N) is 1. The summed E-state index contributed by atoms with van der Waals surface area (Å²) in [6, 6.07) is 6.53. The van der Waals surface area contributed by atoms with Gasteiger partial charge in [-0.25, -0.2) is 0 Å². The Hall–Kier alpha value is -1.03. The van der Waals surface area contributed by atoms with E-state index >= 15 is 0 Å². The Morgan fingerprint density at radius 3 is 2.71 bits per heavy atom. The maximum absolute atomic E-state index is 11.9. The van der Waals surface area contributed by atoms with Crippen LogP contribution in [0.1, 0.15) is 30.6 Å². The fraction of sp³-hybridized carbons (Fsp3) is 0.462. The second kappa shape index (κ2) is 6.64. The highest BCUT2D eigenvalue weighted by molar-refractivity contribution is 9.09. The van der Waals surface area contributed by atoms with E-state index in [-0.39, 0.29) is 17.7 Å². The van der Waals surface area contributed by atoms with Crippen LogP contribution in [0.15, 0.2) is 24.3 Å². The van der Waals surface area contributed by atoms with E-state index in [0.29, 0.717) is 11.5 Å². The van der Waals surface area contributed by atoms with E-state index in [0.717, 1.165) is 11.8 Å². The minimum absolute atomic E-state index is 0.110. The maximum Gasteiger partial charge on any atom is 0.251 e. The number of rotatable bonds is 5. The van der Waals surface area contributed by atoms with Gasteiger partial charge in [-0.3, -0.25) is 4.79 Å². The largest absolute Gasteiger partial charge is 0.508 e. The predicted molar refractivity (Wildman–Crippen MR) is 72.6 cm³/mol. The van der Waals surface area contributed by atoms with Crippen molar-refractivity contribution in [2.75, 3.05) is 5.33 Å². The summed E-state index contributed by atoms with van der Waals surface area (Å²) < 4.78 is 0. The molecule has 0 saturated carbocycles. The number of alkyl halides is 1. The van der Waals surface area contributed by atoms with Gasteiger partial charge in [-0.05, 0) is 30.5 Å². The molecule has 0 bridgehead atoms. The third-order valence-electron chi connectivity index (χ3n) is 2.65. The lowest BCUT2D eigenvalue weighted by molar-refractivity contribution is 0.0924. The molecule has 4 heteroatoms. The van der Waals surface area contributed by atoms with Crippen LogP contribution in [0.5, 0.6) is 5.75 Å². The van der Waals surface area contributed by atoms with Crippen LogP contribution < -0.4 is 5.32 Å². The van der Waals surface area contributed by atoms with Crippen LogP contribution in [0, 0.1) is 5.92 Å². The number of benzene rings is 1. The van der Waals surface area contributed by atoms with Crippen molar-refractivity contribution in [2.45, 2.75) is 26.3 Å². The molecule has 1 amide bonds. The van der Waals surface area contributed by atoms with E-state index in [9.17, 15) is 9.90 Å². The molecule has 0 aromatic heterocycles. The van der Waals surface area contributed by atoms with Crippen molar-refractivity contribution in [3.63, 3.8) is 0 Å². The fourth-order valence-corrected chi connectivity index (χ4v) is 2.08. The van der Waals surface area contributed by atoms with Gasteiger partial charge in [-0.2, -0.15) is 0 Å². The number of carbonyl (C=O) groups excluding carboxylic acids is 1. The van der Waals surface area contributed by atoms with Gasteiger partial charge in [0.2, 0.25) is 0 Å².